The molecule has 0 fully saturated rings. The van der Waals surface area contributed by atoms with Crippen LogP contribution in [0.4, 0.5) is 11.8 Å². The van der Waals surface area contributed by atoms with Crippen LogP contribution in [0.1, 0.15) is 5.56 Å². The van der Waals surface area contributed by atoms with Crippen molar-refractivity contribution in [2.75, 3.05) is 24.7 Å². The minimum absolute atomic E-state index is 0.253. The van der Waals surface area contributed by atoms with E-state index in [9.17, 15) is 0 Å². The highest BCUT2D eigenvalue weighted by atomic mass is 79.9. The van der Waals surface area contributed by atoms with Crippen molar-refractivity contribution < 1.29 is 4.74 Å². The molecule has 1 aromatic heterocycles. The smallest absolute Gasteiger partial charge is 0.221 e. The van der Waals surface area contributed by atoms with Crippen molar-refractivity contribution in [1.82, 2.24) is 9.97 Å². The molecule has 3 N–H and O–H groups in total. The van der Waals surface area contributed by atoms with Gasteiger partial charge in [-0.1, -0.05) is 18.2 Å². The van der Waals surface area contributed by atoms with Crippen molar-refractivity contribution in [2.24, 2.45) is 0 Å². The number of nitrogen functional groups attached to an aromatic ring is 1. The van der Waals surface area contributed by atoms with Gasteiger partial charge in [0.05, 0.1) is 11.6 Å². The Labute approximate surface area is 120 Å². The monoisotopic (exact) mass is 322 g/mol. The number of nitrogens with zero attached hydrogens (tertiary/aromatic N) is 2. The van der Waals surface area contributed by atoms with Gasteiger partial charge in [-0.05, 0) is 34.0 Å². The van der Waals surface area contributed by atoms with Gasteiger partial charge >= 0.3 is 0 Å². The summed E-state index contributed by atoms with van der Waals surface area (Å²) in [4.78, 5) is 8.02. The number of hydrogen-bond acceptors (Lipinski definition) is 5. The number of ether oxygens (including phenoxy) is 1. The summed E-state index contributed by atoms with van der Waals surface area (Å²) in [6.07, 6.45) is 2.47. The molecule has 2 aromatic rings. The molecule has 2 rings (SSSR count). The third-order valence-electron chi connectivity index (χ3n) is 2.64. The van der Waals surface area contributed by atoms with Crippen LogP contribution in [-0.2, 0) is 6.42 Å². The molecule has 0 bridgehead atoms. The zero-order chi connectivity index (χ0) is 13.7. The molecule has 0 radical (unpaired) electrons. The van der Waals surface area contributed by atoms with E-state index in [4.69, 9.17) is 10.5 Å². The molecule has 0 unspecified atom stereocenters. The SMILES string of the molecule is COc1ccccc1CCNc1nc(N)ncc1Br. The van der Waals surface area contributed by atoms with Gasteiger partial charge in [0, 0.05) is 12.7 Å². The first-order chi connectivity index (χ1) is 9.20. The second kappa shape index (κ2) is 6.38. The molecule has 19 heavy (non-hydrogen) atoms. The van der Waals surface area contributed by atoms with Crippen LogP contribution in [0.5, 0.6) is 5.75 Å². The number of rotatable bonds is 5. The third-order valence-corrected chi connectivity index (χ3v) is 3.22. The summed E-state index contributed by atoms with van der Waals surface area (Å²) in [6.45, 7) is 0.732. The van der Waals surface area contributed by atoms with Crippen molar-refractivity contribution in [3.63, 3.8) is 0 Å². The van der Waals surface area contributed by atoms with Gasteiger partial charge in [-0.25, -0.2) is 4.98 Å². The first kappa shape index (κ1) is 13.6. The van der Waals surface area contributed by atoms with Gasteiger partial charge < -0.3 is 15.8 Å². The number of methoxy groups -OCH3 is 1. The van der Waals surface area contributed by atoms with Crippen molar-refractivity contribution in [3.8, 4) is 5.75 Å². The predicted octanol–water partition coefficient (Wildman–Crippen LogP) is 2.48. The molecular formula is C13H15BrN4O. The number of halogens is 1. The number of nitrogens with one attached hydrogen (secondary N) is 1. The topological polar surface area (TPSA) is 73.1 Å². The molecule has 1 heterocycles. The molecule has 0 saturated heterocycles. The van der Waals surface area contributed by atoms with Crippen LogP contribution in [0, 0.1) is 0 Å². The van der Waals surface area contributed by atoms with Gasteiger partial charge in [0.25, 0.3) is 0 Å². The standard InChI is InChI=1S/C13H15BrN4O/c1-19-11-5-3-2-4-9(11)6-7-16-12-10(14)8-17-13(15)18-12/h2-5,8H,6-7H2,1H3,(H3,15,16,17,18). The lowest BCUT2D eigenvalue weighted by Crippen LogP contribution is -2.09. The minimum Gasteiger partial charge on any atom is -0.496 e. The molecule has 100 valence electrons. The number of aromatic nitrogens is 2. The Hall–Kier alpha value is -1.82. The number of benzene rings is 1. The Morgan fingerprint density at radius 3 is 2.95 bits per heavy atom. The second-order valence-electron chi connectivity index (χ2n) is 3.91. The Morgan fingerprint density at radius 2 is 2.16 bits per heavy atom. The van der Waals surface area contributed by atoms with Gasteiger partial charge in [0.1, 0.15) is 11.6 Å². The van der Waals surface area contributed by atoms with E-state index < -0.39 is 0 Å². The van der Waals surface area contributed by atoms with E-state index in [2.05, 4.69) is 31.2 Å². The lowest BCUT2D eigenvalue weighted by molar-refractivity contribution is 0.410. The Bertz CT molecular complexity index is 562. The maximum atomic E-state index is 5.55. The van der Waals surface area contributed by atoms with E-state index >= 15 is 0 Å². The summed E-state index contributed by atoms with van der Waals surface area (Å²) in [5.41, 5.74) is 6.70. The summed E-state index contributed by atoms with van der Waals surface area (Å²) in [5.74, 6) is 1.84. The predicted molar refractivity (Wildman–Crippen MR) is 79.3 cm³/mol. The van der Waals surface area contributed by atoms with Gasteiger partial charge in [-0.15, -0.1) is 0 Å². The first-order valence-corrected chi connectivity index (χ1v) is 6.64. The van der Waals surface area contributed by atoms with Crippen molar-refractivity contribution in [3.05, 3.63) is 40.5 Å². The highest BCUT2D eigenvalue weighted by Gasteiger charge is 2.04. The fraction of sp³-hybridized carbons (Fsp3) is 0.231. The normalized spacial score (nSPS) is 10.2. The van der Waals surface area contributed by atoms with E-state index in [1.165, 1.54) is 0 Å². The Morgan fingerprint density at radius 1 is 1.37 bits per heavy atom. The fourth-order valence-electron chi connectivity index (χ4n) is 1.73. The maximum absolute atomic E-state index is 5.55. The summed E-state index contributed by atoms with van der Waals surface area (Å²) >= 11 is 3.38. The van der Waals surface area contributed by atoms with Crippen LogP contribution in [0.25, 0.3) is 0 Å². The molecule has 0 spiro atoms. The van der Waals surface area contributed by atoms with E-state index in [1.54, 1.807) is 13.3 Å². The van der Waals surface area contributed by atoms with Crippen LogP contribution in [0.3, 0.4) is 0 Å². The Kier molecular flexibility index (Phi) is 4.57. The number of anilines is 2. The fourth-order valence-corrected chi connectivity index (χ4v) is 2.06. The van der Waals surface area contributed by atoms with Crippen molar-refractivity contribution in [2.45, 2.75) is 6.42 Å². The zero-order valence-corrected chi connectivity index (χ0v) is 12.1. The summed E-state index contributed by atoms with van der Waals surface area (Å²) in [5, 5.41) is 3.22. The van der Waals surface area contributed by atoms with Crippen LogP contribution < -0.4 is 15.8 Å². The highest BCUT2D eigenvalue weighted by molar-refractivity contribution is 9.10. The summed E-state index contributed by atoms with van der Waals surface area (Å²) < 4.78 is 6.10. The van der Waals surface area contributed by atoms with E-state index in [0.717, 1.165) is 28.8 Å². The molecule has 0 saturated carbocycles. The van der Waals surface area contributed by atoms with Crippen LogP contribution in [0.15, 0.2) is 34.9 Å². The van der Waals surface area contributed by atoms with E-state index in [-0.39, 0.29) is 5.95 Å². The second-order valence-corrected chi connectivity index (χ2v) is 4.77. The number of para-hydroxylation sites is 1. The molecule has 0 aliphatic rings. The quantitative estimate of drug-likeness (QED) is 0.884. The molecule has 5 nitrogen and oxygen atoms in total. The number of nitrogens with two attached hydrogens (primary N) is 1. The molecular weight excluding hydrogens is 308 g/mol. The average Bonchev–Trinajstić information content (AvgIpc) is 2.43. The van der Waals surface area contributed by atoms with Crippen LogP contribution in [-0.4, -0.2) is 23.6 Å². The summed E-state index contributed by atoms with van der Waals surface area (Å²) in [6, 6.07) is 7.95. The van der Waals surface area contributed by atoms with Crippen molar-refractivity contribution >= 4 is 27.7 Å². The molecule has 1 aromatic carbocycles. The van der Waals surface area contributed by atoms with Gasteiger partial charge in [0.2, 0.25) is 5.95 Å². The molecule has 6 heteroatoms. The van der Waals surface area contributed by atoms with Crippen LogP contribution >= 0.6 is 15.9 Å². The molecule has 0 aliphatic carbocycles. The van der Waals surface area contributed by atoms with Crippen LogP contribution in [0.2, 0.25) is 0 Å². The third kappa shape index (κ3) is 3.57. The summed E-state index contributed by atoms with van der Waals surface area (Å²) in [7, 11) is 1.67. The van der Waals surface area contributed by atoms with Gasteiger partial charge in [0.15, 0.2) is 0 Å². The first-order valence-electron chi connectivity index (χ1n) is 5.84. The minimum atomic E-state index is 0.253. The Balaban J connectivity index is 1.98. The van der Waals surface area contributed by atoms with E-state index in [1.807, 2.05) is 24.3 Å². The van der Waals surface area contributed by atoms with E-state index in [0.29, 0.717) is 5.82 Å². The molecule has 0 atom stereocenters. The largest absolute Gasteiger partial charge is 0.496 e. The number of hydrogen-bond donors (Lipinski definition) is 2. The maximum Gasteiger partial charge on any atom is 0.221 e. The average molecular weight is 323 g/mol. The highest BCUT2D eigenvalue weighted by Crippen LogP contribution is 2.20. The van der Waals surface area contributed by atoms with Gasteiger partial charge in [-0.2, -0.15) is 4.98 Å². The van der Waals surface area contributed by atoms with Gasteiger partial charge in [-0.3, -0.25) is 0 Å². The molecule has 0 amide bonds. The molecule has 0 aliphatic heterocycles. The zero-order valence-electron chi connectivity index (χ0n) is 10.6. The lowest BCUT2D eigenvalue weighted by atomic mass is 10.1. The lowest BCUT2D eigenvalue weighted by Gasteiger charge is -2.10. The van der Waals surface area contributed by atoms with Crippen molar-refractivity contribution in [1.29, 1.82) is 0 Å².